The molecular formula is C16H11F6N3O3S2. The fourth-order valence-electron chi connectivity index (χ4n) is 3.16. The second-order valence-corrected chi connectivity index (χ2v) is 9.92. The van der Waals surface area contributed by atoms with Crippen LogP contribution in [0.2, 0.25) is 0 Å². The van der Waals surface area contributed by atoms with Crippen molar-refractivity contribution in [2.75, 3.05) is 16.4 Å². The molecule has 0 aliphatic carbocycles. The molecule has 2 aliphatic heterocycles. The maximum absolute atomic E-state index is 13.2. The van der Waals surface area contributed by atoms with Gasteiger partial charge in [0, 0.05) is 10.9 Å². The van der Waals surface area contributed by atoms with Crippen LogP contribution >= 0.6 is 11.8 Å². The zero-order valence-corrected chi connectivity index (χ0v) is 16.3. The molecule has 0 aromatic heterocycles. The number of anilines is 1. The SMILES string of the molecule is N#CCC(=O)N=C1SC2CS(=O)(=O)CC2N1c1cc(C(F)(F)F)cc(C(F)(F)F)c1. The lowest BCUT2D eigenvalue weighted by atomic mass is 10.1. The molecule has 2 fully saturated rings. The molecule has 0 spiro atoms. The van der Waals surface area contributed by atoms with E-state index in [1.807, 2.05) is 0 Å². The van der Waals surface area contributed by atoms with Crippen LogP contribution in [-0.2, 0) is 27.0 Å². The highest BCUT2D eigenvalue weighted by molar-refractivity contribution is 8.16. The Hall–Kier alpha value is -2.27. The van der Waals surface area contributed by atoms with E-state index in [2.05, 4.69) is 4.99 Å². The summed E-state index contributed by atoms with van der Waals surface area (Å²) in [6, 6.07) is 1.39. The van der Waals surface area contributed by atoms with Crippen molar-refractivity contribution < 1.29 is 39.6 Å². The van der Waals surface area contributed by atoms with Gasteiger partial charge in [-0.25, -0.2) is 8.42 Å². The fraction of sp³-hybridized carbons (Fsp3) is 0.438. The number of carbonyl (C=O) groups is 1. The van der Waals surface area contributed by atoms with Crippen molar-refractivity contribution in [2.45, 2.75) is 30.1 Å². The second kappa shape index (κ2) is 7.45. The van der Waals surface area contributed by atoms with Gasteiger partial charge in [-0.3, -0.25) is 4.79 Å². The van der Waals surface area contributed by atoms with Crippen LogP contribution in [0.5, 0.6) is 0 Å². The number of halogens is 6. The number of hydrogen-bond donors (Lipinski definition) is 0. The highest BCUT2D eigenvalue weighted by atomic mass is 32.2. The number of sulfone groups is 1. The van der Waals surface area contributed by atoms with Gasteiger partial charge >= 0.3 is 12.4 Å². The predicted molar refractivity (Wildman–Crippen MR) is 95.4 cm³/mol. The minimum Gasteiger partial charge on any atom is -0.316 e. The lowest BCUT2D eigenvalue weighted by Gasteiger charge is -2.26. The number of alkyl halides is 6. The summed E-state index contributed by atoms with van der Waals surface area (Å²) in [5, 5.41) is 7.61. The molecule has 162 valence electrons. The van der Waals surface area contributed by atoms with Crippen molar-refractivity contribution in [1.29, 1.82) is 5.26 Å². The summed E-state index contributed by atoms with van der Waals surface area (Å²) in [6.45, 7) is 0. The molecule has 3 rings (SSSR count). The number of thioether (sulfide) groups is 1. The van der Waals surface area contributed by atoms with Gasteiger partial charge in [-0.1, -0.05) is 11.8 Å². The Bertz CT molecular complexity index is 1030. The molecular weight excluding hydrogens is 460 g/mol. The molecule has 0 bridgehead atoms. The lowest BCUT2D eigenvalue weighted by Crippen LogP contribution is -2.38. The Morgan fingerprint density at radius 2 is 1.70 bits per heavy atom. The average molecular weight is 471 g/mol. The van der Waals surface area contributed by atoms with E-state index < -0.39 is 68.4 Å². The number of rotatable bonds is 2. The fourth-order valence-corrected chi connectivity index (χ4v) is 7.09. The van der Waals surface area contributed by atoms with E-state index in [0.29, 0.717) is 12.1 Å². The van der Waals surface area contributed by atoms with E-state index in [0.717, 1.165) is 16.7 Å². The van der Waals surface area contributed by atoms with Gasteiger partial charge in [0.05, 0.1) is 34.7 Å². The number of amidine groups is 1. The maximum Gasteiger partial charge on any atom is 0.416 e. The summed E-state index contributed by atoms with van der Waals surface area (Å²) in [5.41, 5.74) is -3.74. The van der Waals surface area contributed by atoms with Gasteiger partial charge in [0.15, 0.2) is 15.0 Å². The molecule has 1 aromatic carbocycles. The zero-order chi connectivity index (χ0) is 22.5. The van der Waals surface area contributed by atoms with E-state index in [1.54, 1.807) is 0 Å². The molecule has 2 unspecified atom stereocenters. The molecule has 2 atom stereocenters. The van der Waals surface area contributed by atoms with Gasteiger partial charge in [-0.15, -0.1) is 0 Å². The number of carbonyl (C=O) groups excluding carboxylic acids is 1. The van der Waals surface area contributed by atoms with E-state index in [1.165, 1.54) is 6.07 Å². The van der Waals surface area contributed by atoms with Crippen LogP contribution in [0.4, 0.5) is 32.0 Å². The lowest BCUT2D eigenvalue weighted by molar-refractivity contribution is -0.143. The Balaban J connectivity index is 2.17. The van der Waals surface area contributed by atoms with Crippen molar-refractivity contribution in [3.05, 3.63) is 29.3 Å². The first-order valence-corrected chi connectivity index (χ1v) is 10.9. The first-order chi connectivity index (χ1) is 13.7. The van der Waals surface area contributed by atoms with Crippen LogP contribution in [0.25, 0.3) is 0 Å². The van der Waals surface area contributed by atoms with Crippen LogP contribution in [0.3, 0.4) is 0 Å². The van der Waals surface area contributed by atoms with Crippen molar-refractivity contribution in [3.63, 3.8) is 0 Å². The first kappa shape index (κ1) is 22.4. The van der Waals surface area contributed by atoms with Crippen molar-refractivity contribution in [1.82, 2.24) is 0 Å². The number of benzene rings is 1. The Morgan fingerprint density at radius 1 is 1.13 bits per heavy atom. The van der Waals surface area contributed by atoms with Gasteiger partial charge in [-0.05, 0) is 18.2 Å². The smallest absolute Gasteiger partial charge is 0.316 e. The molecule has 14 heteroatoms. The average Bonchev–Trinajstić information content (AvgIpc) is 3.03. The molecule has 2 aliphatic rings. The minimum atomic E-state index is -5.10. The van der Waals surface area contributed by atoms with E-state index >= 15 is 0 Å². The van der Waals surface area contributed by atoms with Crippen LogP contribution in [0, 0.1) is 11.3 Å². The van der Waals surface area contributed by atoms with Crippen LogP contribution in [0.1, 0.15) is 17.5 Å². The highest BCUT2D eigenvalue weighted by Crippen LogP contribution is 2.44. The summed E-state index contributed by atoms with van der Waals surface area (Å²) >= 11 is 0.771. The van der Waals surface area contributed by atoms with Crippen LogP contribution in [0.15, 0.2) is 23.2 Å². The summed E-state index contributed by atoms with van der Waals surface area (Å²) < 4.78 is 103. The topological polar surface area (TPSA) is 90.6 Å². The summed E-state index contributed by atoms with van der Waals surface area (Å²) in [6.07, 6.45) is -10.8. The van der Waals surface area contributed by atoms with Gasteiger partial charge in [0.25, 0.3) is 5.91 Å². The second-order valence-electron chi connectivity index (χ2n) is 6.56. The van der Waals surface area contributed by atoms with E-state index in [-0.39, 0.29) is 17.0 Å². The molecule has 2 saturated heterocycles. The van der Waals surface area contributed by atoms with E-state index in [9.17, 15) is 39.6 Å². The number of aliphatic imine (C=N–C) groups is 1. The van der Waals surface area contributed by atoms with Gasteiger partial charge in [-0.2, -0.15) is 36.6 Å². The predicted octanol–water partition coefficient (Wildman–Crippen LogP) is 3.24. The van der Waals surface area contributed by atoms with Crippen LogP contribution < -0.4 is 4.90 Å². The molecule has 30 heavy (non-hydrogen) atoms. The normalized spacial score (nSPS) is 24.7. The van der Waals surface area contributed by atoms with Gasteiger partial charge in [0.1, 0.15) is 6.42 Å². The Morgan fingerprint density at radius 3 is 2.20 bits per heavy atom. The summed E-state index contributed by atoms with van der Waals surface area (Å²) in [4.78, 5) is 16.3. The van der Waals surface area contributed by atoms with Gasteiger partial charge in [0.2, 0.25) is 0 Å². The number of amides is 1. The highest BCUT2D eigenvalue weighted by Gasteiger charge is 2.50. The molecule has 2 heterocycles. The number of fused-ring (bicyclic) bond motifs is 1. The van der Waals surface area contributed by atoms with Crippen molar-refractivity contribution in [2.24, 2.45) is 4.99 Å². The van der Waals surface area contributed by atoms with E-state index in [4.69, 9.17) is 5.26 Å². The largest absolute Gasteiger partial charge is 0.416 e. The summed E-state index contributed by atoms with van der Waals surface area (Å²) in [7, 11) is -3.58. The van der Waals surface area contributed by atoms with Crippen molar-refractivity contribution >= 4 is 38.4 Å². The Kier molecular flexibility index (Phi) is 5.57. The molecule has 0 radical (unpaired) electrons. The summed E-state index contributed by atoms with van der Waals surface area (Å²) in [5.74, 6) is -1.83. The van der Waals surface area contributed by atoms with Crippen molar-refractivity contribution in [3.8, 4) is 6.07 Å². The molecule has 0 N–H and O–H groups in total. The standard InChI is InChI=1S/C16H11F6N3O3S2/c17-15(18,19)8-3-9(16(20,21)22)5-10(4-8)25-11-6-30(27,28)7-12(11)29-14(25)24-13(26)1-2-23/h3-5,11-12H,1,6-7H2. The maximum atomic E-state index is 13.2. The van der Waals surface area contributed by atoms with Crippen LogP contribution in [-0.4, -0.2) is 42.3 Å². The molecule has 0 saturated carbocycles. The third-order valence-corrected chi connectivity index (χ3v) is 7.58. The van der Waals surface area contributed by atoms with Gasteiger partial charge < -0.3 is 4.90 Å². The first-order valence-electron chi connectivity index (χ1n) is 8.15. The molecule has 6 nitrogen and oxygen atoms in total. The number of nitrogens with zero attached hydrogens (tertiary/aromatic N) is 3. The number of hydrogen-bond acceptors (Lipinski definition) is 5. The molecule has 1 amide bonds. The minimum absolute atomic E-state index is 0.0484. The third kappa shape index (κ3) is 4.56. The molecule has 1 aromatic rings. The Labute approximate surface area is 170 Å². The number of nitriles is 1. The third-order valence-electron chi connectivity index (χ3n) is 4.37. The quantitative estimate of drug-likeness (QED) is 0.616. The zero-order valence-electron chi connectivity index (χ0n) is 14.7. The monoisotopic (exact) mass is 471 g/mol.